The second-order valence-corrected chi connectivity index (χ2v) is 7.64. The monoisotopic (exact) mass is 389 g/mol. The van der Waals surface area contributed by atoms with Crippen LogP contribution in [0.1, 0.15) is 36.4 Å². The maximum Gasteiger partial charge on any atom is 0.388 e. The van der Waals surface area contributed by atoms with Crippen molar-refractivity contribution in [2.45, 2.75) is 44.1 Å². The topological polar surface area (TPSA) is 46.6 Å². The minimum atomic E-state index is -2.87. The summed E-state index contributed by atoms with van der Waals surface area (Å²) in [6.07, 6.45) is 4.38. The van der Waals surface area contributed by atoms with Crippen LogP contribution in [0.2, 0.25) is 0 Å². The Balaban J connectivity index is 1.50. The summed E-state index contributed by atoms with van der Waals surface area (Å²) >= 11 is 0. The van der Waals surface area contributed by atoms with Gasteiger partial charge < -0.3 is 19.7 Å². The van der Waals surface area contributed by atoms with Crippen molar-refractivity contribution in [1.29, 1.82) is 0 Å². The molecule has 4 rings (SSSR count). The SMILES string of the molecule is CN1CCC2(CC1)CC(NCc1ccnc(OC(F)F)c1)c1ccccc1O2. The van der Waals surface area contributed by atoms with Crippen molar-refractivity contribution in [2.75, 3.05) is 20.1 Å². The second-order valence-electron chi connectivity index (χ2n) is 7.64. The number of aromatic nitrogens is 1. The van der Waals surface area contributed by atoms with Crippen LogP contribution in [0.5, 0.6) is 11.6 Å². The van der Waals surface area contributed by atoms with E-state index in [4.69, 9.17) is 4.74 Å². The number of likely N-dealkylation sites (tertiary alicyclic amines) is 1. The third kappa shape index (κ3) is 4.25. The van der Waals surface area contributed by atoms with Crippen molar-refractivity contribution < 1.29 is 18.3 Å². The maximum atomic E-state index is 12.4. The van der Waals surface area contributed by atoms with Gasteiger partial charge in [-0.25, -0.2) is 4.98 Å². The van der Waals surface area contributed by atoms with E-state index in [0.29, 0.717) is 6.54 Å². The number of halogens is 2. The first-order chi connectivity index (χ1) is 13.5. The molecular weight excluding hydrogens is 364 g/mol. The molecule has 2 aliphatic rings. The summed E-state index contributed by atoms with van der Waals surface area (Å²) in [6, 6.07) is 11.6. The summed E-state index contributed by atoms with van der Waals surface area (Å²) < 4.78 is 35.7. The van der Waals surface area contributed by atoms with Gasteiger partial charge in [0.25, 0.3) is 0 Å². The Kier molecular flexibility index (Phi) is 5.46. The number of alkyl halides is 2. The number of hydrogen-bond acceptors (Lipinski definition) is 5. The number of rotatable bonds is 5. The lowest BCUT2D eigenvalue weighted by atomic mass is 9.80. The Labute approximate surface area is 163 Å². The number of hydrogen-bond donors (Lipinski definition) is 1. The minimum absolute atomic E-state index is 0.0616. The van der Waals surface area contributed by atoms with Crippen LogP contribution in [0.3, 0.4) is 0 Å². The number of piperidine rings is 1. The quantitative estimate of drug-likeness (QED) is 0.844. The first kappa shape index (κ1) is 19.1. The number of para-hydroxylation sites is 1. The van der Waals surface area contributed by atoms with E-state index in [1.165, 1.54) is 6.20 Å². The van der Waals surface area contributed by atoms with E-state index in [-0.39, 0.29) is 17.5 Å². The van der Waals surface area contributed by atoms with Crippen molar-refractivity contribution in [2.24, 2.45) is 0 Å². The van der Waals surface area contributed by atoms with E-state index in [0.717, 1.165) is 49.2 Å². The molecule has 1 saturated heterocycles. The number of benzene rings is 1. The van der Waals surface area contributed by atoms with Crippen LogP contribution in [0.15, 0.2) is 42.6 Å². The van der Waals surface area contributed by atoms with Crippen LogP contribution >= 0.6 is 0 Å². The van der Waals surface area contributed by atoms with Gasteiger partial charge in [-0.2, -0.15) is 8.78 Å². The molecule has 2 aliphatic heterocycles. The molecule has 1 unspecified atom stereocenters. The van der Waals surface area contributed by atoms with Crippen molar-refractivity contribution in [3.63, 3.8) is 0 Å². The van der Waals surface area contributed by atoms with E-state index in [2.05, 4.69) is 33.1 Å². The number of ether oxygens (including phenoxy) is 2. The summed E-state index contributed by atoms with van der Waals surface area (Å²) in [5.74, 6) is 0.876. The molecule has 2 aromatic rings. The third-order valence-corrected chi connectivity index (χ3v) is 5.66. The van der Waals surface area contributed by atoms with Gasteiger partial charge in [0.1, 0.15) is 11.4 Å². The predicted molar refractivity (Wildman–Crippen MR) is 102 cm³/mol. The van der Waals surface area contributed by atoms with Crippen molar-refractivity contribution in [3.05, 3.63) is 53.7 Å². The van der Waals surface area contributed by atoms with Crippen LogP contribution in [0.4, 0.5) is 8.78 Å². The van der Waals surface area contributed by atoms with Crippen LogP contribution in [-0.2, 0) is 6.54 Å². The highest BCUT2D eigenvalue weighted by Gasteiger charge is 2.42. The van der Waals surface area contributed by atoms with Gasteiger partial charge >= 0.3 is 6.61 Å². The van der Waals surface area contributed by atoms with Crippen LogP contribution < -0.4 is 14.8 Å². The van der Waals surface area contributed by atoms with Gasteiger partial charge in [0.05, 0.1) is 0 Å². The fourth-order valence-electron chi connectivity index (χ4n) is 4.09. The lowest BCUT2D eigenvalue weighted by molar-refractivity contribution is -0.0529. The molecule has 1 aromatic carbocycles. The van der Waals surface area contributed by atoms with E-state index in [9.17, 15) is 8.78 Å². The maximum absolute atomic E-state index is 12.4. The average molecular weight is 389 g/mol. The van der Waals surface area contributed by atoms with Crippen molar-refractivity contribution in [1.82, 2.24) is 15.2 Å². The molecule has 5 nitrogen and oxygen atoms in total. The molecule has 1 N–H and O–H groups in total. The molecule has 1 fully saturated rings. The van der Waals surface area contributed by atoms with Crippen LogP contribution in [0.25, 0.3) is 0 Å². The molecule has 1 spiro atoms. The van der Waals surface area contributed by atoms with E-state index < -0.39 is 6.61 Å². The highest BCUT2D eigenvalue weighted by atomic mass is 19.3. The second kappa shape index (κ2) is 8.01. The molecule has 1 atom stereocenters. The first-order valence-corrected chi connectivity index (χ1v) is 9.63. The van der Waals surface area contributed by atoms with E-state index in [1.807, 2.05) is 24.3 Å². The van der Waals surface area contributed by atoms with Gasteiger partial charge in [0, 0.05) is 49.9 Å². The molecule has 3 heterocycles. The first-order valence-electron chi connectivity index (χ1n) is 9.63. The van der Waals surface area contributed by atoms with Gasteiger partial charge in [0.2, 0.25) is 5.88 Å². The standard InChI is InChI=1S/C21H25F2N3O2/c1-26-10-7-21(8-11-26)13-17(16-4-2-3-5-18(16)28-21)25-14-15-6-9-24-19(12-15)27-20(22)23/h2-6,9,12,17,20,25H,7-8,10-11,13-14H2,1H3. The van der Waals surface area contributed by atoms with Gasteiger partial charge in [-0.3, -0.25) is 0 Å². The number of nitrogens with zero attached hydrogens (tertiary/aromatic N) is 2. The van der Waals surface area contributed by atoms with E-state index >= 15 is 0 Å². The van der Waals surface area contributed by atoms with Gasteiger partial charge in [-0.05, 0) is 37.6 Å². The molecule has 0 aliphatic carbocycles. The highest BCUT2D eigenvalue weighted by molar-refractivity contribution is 5.39. The molecule has 0 saturated carbocycles. The zero-order valence-corrected chi connectivity index (χ0v) is 15.9. The Bertz CT molecular complexity index is 810. The summed E-state index contributed by atoms with van der Waals surface area (Å²) in [6.45, 7) is -0.291. The fraction of sp³-hybridized carbons (Fsp3) is 0.476. The molecule has 1 aromatic heterocycles. The smallest absolute Gasteiger partial charge is 0.388 e. The van der Waals surface area contributed by atoms with Crippen molar-refractivity contribution >= 4 is 0 Å². The Morgan fingerprint density at radius 2 is 2.07 bits per heavy atom. The zero-order chi connectivity index (χ0) is 19.6. The number of nitrogens with one attached hydrogen (secondary N) is 1. The van der Waals surface area contributed by atoms with E-state index in [1.54, 1.807) is 6.07 Å². The number of fused-ring (bicyclic) bond motifs is 1. The summed E-state index contributed by atoms with van der Waals surface area (Å²) in [4.78, 5) is 6.16. The Morgan fingerprint density at radius 3 is 2.86 bits per heavy atom. The molecule has 150 valence electrons. The molecule has 0 radical (unpaired) electrons. The highest BCUT2D eigenvalue weighted by Crippen LogP contribution is 2.44. The van der Waals surface area contributed by atoms with Crippen LogP contribution in [-0.4, -0.2) is 42.2 Å². The lowest BCUT2D eigenvalue weighted by Crippen LogP contribution is -2.51. The average Bonchev–Trinajstić information content (AvgIpc) is 2.68. The lowest BCUT2D eigenvalue weighted by Gasteiger charge is -2.46. The summed E-state index contributed by atoms with van der Waals surface area (Å²) in [5, 5.41) is 3.59. The molecule has 28 heavy (non-hydrogen) atoms. The third-order valence-electron chi connectivity index (χ3n) is 5.66. The molecular formula is C21H25F2N3O2. The largest absolute Gasteiger partial charge is 0.487 e. The molecule has 0 amide bonds. The van der Waals surface area contributed by atoms with Gasteiger partial charge in [-0.15, -0.1) is 0 Å². The fourth-order valence-corrected chi connectivity index (χ4v) is 4.09. The Morgan fingerprint density at radius 1 is 1.29 bits per heavy atom. The molecule has 7 heteroatoms. The normalized spacial score (nSPS) is 21.4. The summed E-state index contributed by atoms with van der Waals surface area (Å²) in [7, 11) is 2.14. The predicted octanol–water partition coefficient (Wildman–Crippen LogP) is 3.76. The minimum Gasteiger partial charge on any atom is -0.487 e. The Hall–Kier alpha value is -2.25. The van der Waals surface area contributed by atoms with Crippen LogP contribution in [0, 0.1) is 0 Å². The van der Waals surface area contributed by atoms with Gasteiger partial charge in [-0.1, -0.05) is 18.2 Å². The number of pyridine rings is 1. The van der Waals surface area contributed by atoms with Gasteiger partial charge in [0.15, 0.2) is 0 Å². The zero-order valence-electron chi connectivity index (χ0n) is 15.9. The van der Waals surface area contributed by atoms with Crippen molar-refractivity contribution in [3.8, 4) is 11.6 Å². The molecule has 0 bridgehead atoms. The summed E-state index contributed by atoms with van der Waals surface area (Å²) in [5.41, 5.74) is 1.85.